The average Bonchev–Trinajstić information content (AvgIpc) is 3.48. The van der Waals surface area contributed by atoms with Crippen LogP contribution < -0.4 is 0 Å². The maximum absolute atomic E-state index is 6.65. The van der Waals surface area contributed by atoms with E-state index in [1.54, 1.807) is 0 Å². The molecule has 0 spiro atoms. The molecule has 0 bridgehead atoms. The summed E-state index contributed by atoms with van der Waals surface area (Å²) in [5.74, 6) is 0.991. The molecule has 0 aliphatic rings. The third-order valence-corrected chi connectivity index (χ3v) is 8.03. The van der Waals surface area contributed by atoms with Gasteiger partial charge in [0.25, 0.3) is 0 Å². The summed E-state index contributed by atoms with van der Waals surface area (Å²) in [7, 11) is 0. The molecule has 44 heavy (non-hydrogen) atoms. The lowest BCUT2D eigenvalue weighted by molar-refractivity contribution is 0.669. The average molecular weight is 586 g/mol. The molecule has 0 fully saturated rings. The summed E-state index contributed by atoms with van der Waals surface area (Å²) in [5.41, 5.74) is 9.78. The second-order valence-electron chi connectivity index (χ2n) is 10.6. The molecule has 208 valence electrons. The molecule has 0 aliphatic carbocycles. The van der Waals surface area contributed by atoms with Gasteiger partial charge in [0.05, 0.1) is 0 Å². The van der Waals surface area contributed by atoms with Crippen molar-refractivity contribution in [3.8, 4) is 56.2 Å². The Hall–Kier alpha value is -5.58. The van der Waals surface area contributed by atoms with E-state index in [1.807, 2.05) is 84.9 Å². The van der Waals surface area contributed by atoms with Gasteiger partial charge in [-0.05, 0) is 75.3 Å². The highest BCUT2D eigenvalue weighted by molar-refractivity contribution is 6.28. The number of hydrogen-bond donors (Lipinski definition) is 0. The smallest absolute Gasteiger partial charge is 0.226 e. The van der Waals surface area contributed by atoms with Gasteiger partial charge < -0.3 is 4.42 Å². The fourth-order valence-corrected chi connectivity index (χ4v) is 6.02. The van der Waals surface area contributed by atoms with Crippen LogP contribution in [0.25, 0.3) is 78.1 Å². The van der Waals surface area contributed by atoms with Crippen molar-refractivity contribution in [2.75, 3.05) is 0 Å². The van der Waals surface area contributed by atoms with Crippen LogP contribution in [0.5, 0.6) is 0 Å². The Morgan fingerprint density at radius 1 is 0.386 bits per heavy atom. The highest BCUT2D eigenvalue weighted by Gasteiger charge is 2.19. The highest BCUT2D eigenvalue weighted by Crippen LogP contribution is 2.41. The number of furan rings is 1. The standard InChI is InChI=1S/C39H24ClN3O/c40-39-42-37(30-23-28(25-12-4-1-5-13-25)22-29(24-30)26-14-6-2-7-15-26)41-38(43-39)32-19-11-21-34-36(32)35-31(18-10-20-33(35)44-34)27-16-8-3-9-17-27/h1-24H. The minimum Gasteiger partial charge on any atom is -0.456 e. The molecule has 0 saturated carbocycles. The quantitative estimate of drug-likeness (QED) is 0.201. The predicted octanol–water partition coefficient (Wildman–Crippen LogP) is 10.8. The number of benzene rings is 6. The summed E-state index contributed by atoms with van der Waals surface area (Å²) in [4.78, 5) is 14.3. The van der Waals surface area contributed by atoms with Gasteiger partial charge in [0.15, 0.2) is 11.6 Å². The maximum Gasteiger partial charge on any atom is 0.226 e. The summed E-state index contributed by atoms with van der Waals surface area (Å²) >= 11 is 6.65. The first-order valence-electron chi connectivity index (χ1n) is 14.4. The summed E-state index contributed by atoms with van der Waals surface area (Å²) in [6.45, 7) is 0. The molecule has 2 aromatic heterocycles. The van der Waals surface area contributed by atoms with E-state index in [2.05, 4.69) is 70.6 Å². The number of fused-ring (bicyclic) bond motifs is 3. The van der Waals surface area contributed by atoms with Gasteiger partial charge in [-0.25, -0.2) is 4.98 Å². The molecule has 4 nitrogen and oxygen atoms in total. The van der Waals surface area contributed by atoms with Crippen LogP contribution in [0.1, 0.15) is 0 Å². The van der Waals surface area contributed by atoms with E-state index < -0.39 is 0 Å². The van der Waals surface area contributed by atoms with Crippen molar-refractivity contribution in [2.45, 2.75) is 0 Å². The van der Waals surface area contributed by atoms with Crippen molar-refractivity contribution in [1.29, 1.82) is 0 Å². The molecule has 8 rings (SSSR count). The van der Waals surface area contributed by atoms with Gasteiger partial charge in [-0.3, -0.25) is 0 Å². The third kappa shape index (κ3) is 4.72. The first-order chi connectivity index (χ1) is 21.7. The molecule has 0 atom stereocenters. The molecule has 6 aromatic carbocycles. The fraction of sp³-hybridized carbons (Fsp3) is 0. The molecule has 0 aliphatic heterocycles. The van der Waals surface area contributed by atoms with E-state index in [0.29, 0.717) is 11.6 Å². The molecule has 0 radical (unpaired) electrons. The van der Waals surface area contributed by atoms with Gasteiger partial charge in [0.1, 0.15) is 11.2 Å². The van der Waals surface area contributed by atoms with Crippen LogP contribution >= 0.6 is 11.6 Å². The Morgan fingerprint density at radius 3 is 1.45 bits per heavy atom. The van der Waals surface area contributed by atoms with E-state index in [-0.39, 0.29) is 5.28 Å². The van der Waals surface area contributed by atoms with Gasteiger partial charge >= 0.3 is 0 Å². The van der Waals surface area contributed by atoms with Gasteiger partial charge in [-0.1, -0.05) is 115 Å². The summed E-state index contributed by atoms with van der Waals surface area (Å²) in [5, 5.41) is 2.09. The molecule has 8 aromatic rings. The van der Waals surface area contributed by atoms with Crippen molar-refractivity contribution in [2.24, 2.45) is 0 Å². The van der Waals surface area contributed by atoms with Crippen LogP contribution in [0.3, 0.4) is 0 Å². The van der Waals surface area contributed by atoms with Crippen LogP contribution in [0.15, 0.2) is 150 Å². The van der Waals surface area contributed by atoms with Crippen LogP contribution in [-0.4, -0.2) is 15.0 Å². The minimum absolute atomic E-state index is 0.129. The van der Waals surface area contributed by atoms with Gasteiger partial charge in [-0.2, -0.15) is 9.97 Å². The van der Waals surface area contributed by atoms with Crippen LogP contribution in [0.2, 0.25) is 5.28 Å². The molecule has 0 amide bonds. The molecular weight excluding hydrogens is 562 g/mol. The number of aromatic nitrogens is 3. The maximum atomic E-state index is 6.65. The molecule has 5 heteroatoms. The molecule has 0 N–H and O–H groups in total. The number of nitrogens with zero attached hydrogens (tertiary/aromatic N) is 3. The third-order valence-electron chi connectivity index (χ3n) is 7.86. The predicted molar refractivity (Wildman–Crippen MR) is 179 cm³/mol. The zero-order valence-electron chi connectivity index (χ0n) is 23.5. The highest BCUT2D eigenvalue weighted by atomic mass is 35.5. The molecular formula is C39H24ClN3O. The van der Waals surface area contributed by atoms with Crippen LogP contribution in [0, 0.1) is 0 Å². The van der Waals surface area contributed by atoms with Crippen molar-refractivity contribution in [1.82, 2.24) is 15.0 Å². The summed E-state index contributed by atoms with van der Waals surface area (Å²) < 4.78 is 6.35. The number of halogens is 1. The van der Waals surface area contributed by atoms with Gasteiger partial charge in [0.2, 0.25) is 5.28 Å². The topological polar surface area (TPSA) is 51.8 Å². The van der Waals surface area contributed by atoms with Crippen LogP contribution in [-0.2, 0) is 0 Å². The lowest BCUT2D eigenvalue weighted by Gasteiger charge is -2.12. The lowest BCUT2D eigenvalue weighted by atomic mass is 9.95. The molecule has 0 unspecified atom stereocenters. The zero-order valence-corrected chi connectivity index (χ0v) is 24.2. The Kier molecular flexibility index (Phi) is 6.47. The summed E-state index contributed by atoms with van der Waals surface area (Å²) in [6, 6.07) is 49.5. The summed E-state index contributed by atoms with van der Waals surface area (Å²) in [6.07, 6.45) is 0. The minimum atomic E-state index is 0.129. The normalized spacial score (nSPS) is 11.3. The monoisotopic (exact) mass is 585 g/mol. The van der Waals surface area contributed by atoms with Gasteiger partial charge in [-0.15, -0.1) is 0 Å². The van der Waals surface area contributed by atoms with Crippen molar-refractivity contribution in [3.63, 3.8) is 0 Å². The van der Waals surface area contributed by atoms with E-state index in [4.69, 9.17) is 21.0 Å². The largest absolute Gasteiger partial charge is 0.456 e. The fourth-order valence-electron chi connectivity index (χ4n) is 5.86. The van der Waals surface area contributed by atoms with Gasteiger partial charge in [0, 0.05) is 21.9 Å². The lowest BCUT2D eigenvalue weighted by Crippen LogP contribution is -1.98. The number of rotatable bonds is 5. The Balaban J connectivity index is 1.35. The molecule has 0 saturated heterocycles. The SMILES string of the molecule is Clc1nc(-c2cc(-c3ccccc3)cc(-c3ccccc3)c2)nc(-c2cccc3oc4cccc(-c5ccccc5)c4c23)n1. The first kappa shape index (κ1) is 26.1. The Morgan fingerprint density at radius 2 is 0.864 bits per heavy atom. The number of hydrogen-bond acceptors (Lipinski definition) is 4. The van der Waals surface area contributed by atoms with Crippen LogP contribution in [0.4, 0.5) is 0 Å². The van der Waals surface area contributed by atoms with Crippen molar-refractivity contribution >= 4 is 33.5 Å². The second kappa shape index (κ2) is 10.9. The van der Waals surface area contributed by atoms with E-state index in [1.165, 1.54) is 0 Å². The Labute approximate surface area is 259 Å². The van der Waals surface area contributed by atoms with Crippen molar-refractivity contribution < 1.29 is 4.42 Å². The van der Waals surface area contributed by atoms with Crippen molar-refractivity contribution in [3.05, 3.63) is 151 Å². The van der Waals surface area contributed by atoms with E-state index in [9.17, 15) is 0 Å². The first-order valence-corrected chi connectivity index (χ1v) is 14.8. The Bertz CT molecular complexity index is 2220. The van der Waals surface area contributed by atoms with E-state index in [0.717, 1.165) is 66.4 Å². The zero-order chi connectivity index (χ0) is 29.5. The van der Waals surface area contributed by atoms with E-state index >= 15 is 0 Å². The second-order valence-corrected chi connectivity index (χ2v) is 10.9. The molecule has 2 heterocycles.